The second-order valence-corrected chi connectivity index (χ2v) is 8.28. The van der Waals surface area contributed by atoms with Crippen LogP contribution in [0, 0.1) is 5.92 Å². The molecule has 3 rings (SSSR count). The average molecular weight is 438 g/mol. The van der Waals surface area contributed by atoms with Crippen LogP contribution in [0.3, 0.4) is 0 Å². The molecule has 1 atom stereocenters. The fourth-order valence-electron chi connectivity index (χ4n) is 3.36. The molecular weight excluding hydrogens is 410 g/mol. The summed E-state index contributed by atoms with van der Waals surface area (Å²) in [5.41, 5.74) is 2.47. The zero-order valence-corrected chi connectivity index (χ0v) is 18.9. The van der Waals surface area contributed by atoms with Crippen LogP contribution in [0.15, 0.2) is 72.8 Å². The Morgan fingerprint density at radius 2 is 1.71 bits per heavy atom. The number of carbonyl (C=O) groups excluding carboxylic acids is 1. The molecule has 3 aromatic rings. The van der Waals surface area contributed by atoms with E-state index in [9.17, 15) is 4.79 Å². The predicted molar refractivity (Wildman–Crippen MR) is 125 cm³/mol. The largest absolute Gasteiger partial charge is 0.497 e. The van der Waals surface area contributed by atoms with Crippen molar-refractivity contribution in [3.8, 4) is 11.5 Å². The van der Waals surface area contributed by atoms with Gasteiger partial charge in [0.15, 0.2) is 0 Å². The third kappa shape index (κ3) is 6.50. The highest BCUT2D eigenvalue weighted by atomic mass is 35.5. The molecule has 5 heteroatoms. The van der Waals surface area contributed by atoms with Crippen LogP contribution in [0.2, 0.25) is 5.02 Å². The molecule has 0 saturated heterocycles. The lowest BCUT2D eigenvalue weighted by molar-refractivity contribution is 0.0927. The van der Waals surface area contributed by atoms with Crippen LogP contribution in [0.1, 0.15) is 47.8 Å². The van der Waals surface area contributed by atoms with Gasteiger partial charge in [-0.3, -0.25) is 4.79 Å². The van der Waals surface area contributed by atoms with Gasteiger partial charge >= 0.3 is 0 Å². The van der Waals surface area contributed by atoms with Gasteiger partial charge in [0.1, 0.15) is 18.1 Å². The fourth-order valence-corrected chi connectivity index (χ4v) is 3.53. The number of nitrogens with one attached hydrogen (secondary N) is 1. The van der Waals surface area contributed by atoms with Gasteiger partial charge in [0.25, 0.3) is 5.91 Å². The summed E-state index contributed by atoms with van der Waals surface area (Å²) in [6, 6.07) is 22.6. The van der Waals surface area contributed by atoms with E-state index in [4.69, 9.17) is 21.1 Å². The predicted octanol–water partition coefficient (Wildman–Crippen LogP) is 6.44. The standard InChI is InChI=1S/C26H28ClNO3/c1-18(2)15-24(20-9-12-22(30-3)13-10-20)28-26(29)23-16-21(27)11-14-25(23)31-17-19-7-5-4-6-8-19/h4-14,16,18,24H,15,17H2,1-3H3,(H,28,29). The van der Waals surface area contributed by atoms with Crippen molar-refractivity contribution in [2.75, 3.05) is 7.11 Å². The highest BCUT2D eigenvalue weighted by Gasteiger charge is 2.20. The fraction of sp³-hybridized carbons (Fsp3) is 0.269. The van der Waals surface area contributed by atoms with Crippen LogP contribution in [0.5, 0.6) is 11.5 Å². The van der Waals surface area contributed by atoms with Crippen LogP contribution in [-0.4, -0.2) is 13.0 Å². The number of ether oxygens (including phenoxy) is 2. The lowest BCUT2D eigenvalue weighted by atomic mass is 9.96. The maximum absolute atomic E-state index is 13.2. The minimum absolute atomic E-state index is 0.139. The van der Waals surface area contributed by atoms with Gasteiger partial charge in [-0.15, -0.1) is 0 Å². The van der Waals surface area contributed by atoms with Crippen molar-refractivity contribution < 1.29 is 14.3 Å². The Kier molecular flexibility index (Phi) is 7.96. The van der Waals surface area contributed by atoms with Crippen molar-refractivity contribution in [2.24, 2.45) is 5.92 Å². The van der Waals surface area contributed by atoms with Gasteiger partial charge in [-0.25, -0.2) is 0 Å². The number of carbonyl (C=O) groups is 1. The number of benzene rings is 3. The Labute approximate surface area is 189 Å². The first kappa shape index (κ1) is 22.7. The van der Waals surface area contributed by atoms with Crippen LogP contribution in [0.25, 0.3) is 0 Å². The zero-order valence-electron chi connectivity index (χ0n) is 18.1. The molecule has 0 heterocycles. The highest BCUT2D eigenvalue weighted by Crippen LogP contribution is 2.27. The van der Waals surface area contributed by atoms with Crippen molar-refractivity contribution >= 4 is 17.5 Å². The van der Waals surface area contributed by atoms with Gasteiger partial charge in [0.05, 0.1) is 18.7 Å². The normalized spacial score (nSPS) is 11.8. The van der Waals surface area contributed by atoms with Gasteiger partial charge in [-0.2, -0.15) is 0 Å². The van der Waals surface area contributed by atoms with E-state index in [0.29, 0.717) is 28.9 Å². The van der Waals surface area contributed by atoms with E-state index in [-0.39, 0.29) is 11.9 Å². The quantitative estimate of drug-likeness (QED) is 0.418. The number of hydrogen-bond acceptors (Lipinski definition) is 3. The Balaban J connectivity index is 1.81. The van der Waals surface area contributed by atoms with Crippen molar-refractivity contribution in [2.45, 2.75) is 32.9 Å². The average Bonchev–Trinajstić information content (AvgIpc) is 2.78. The maximum atomic E-state index is 13.2. The molecule has 31 heavy (non-hydrogen) atoms. The first-order valence-electron chi connectivity index (χ1n) is 10.4. The van der Waals surface area contributed by atoms with Crippen molar-refractivity contribution in [1.29, 1.82) is 0 Å². The third-order valence-electron chi connectivity index (χ3n) is 4.95. The monoisotopic (exact) mass is 437 g/mol. The number of rotatable bonds is 9. The van der Waals surface area contributed by atoms with Crippen LogP contribution in [0.4, 0.5) is 0 Å². The molecule has 0 saturated carbocycles. The van der Waals surface area contributed by atoms with Gasteiger partial charge < -0.3 is 14.8 Å². The Morgan fingerprint density at radius 1 is 1.00 bits per heavy atom. The first-order chi connectivity index (χ1) is 15.0. The highest BCUT2D eigenvalue weighted by molar-refractivity contribution is 6.31. The molecule has 0 aromatic heterocycles. The van der Waals surface area contributed by atoms with Crippen molar-refractivity contribution in [3.05, 3.63) is 94.5 Å². The van der Waals surface area contributed by atoms with Crippen molar-refractivity contribution in [3.63, 3.8) is 0 Å². The second-order valence-electron chi connectivity index (χ2n) is 7.84. The molecule has 162 valence electrons. The molecule has 0 spiro atoms. The van der Waals surface area contributed by atoms with E-state index in [1.54, 1.807) is 25.3 Å². The Bertz CT molecular complexity index is 987. The Morgan fingerprint density at radius 3 is 2.35 bits per heavy atom. The molecule has 1 unspecified atom stereocenters. The summed E-state index contributed by atoms with van der Waals surface area (Å²) < 4.78 is 11.2. The maximum Gasteiger partial charge on any atom is 0.255 e. The summed E-state index contributed by atoms with van der Waals surface area (Å²) in [6.07, 6.45) is 0.804. The number of halogens is 1. The molecule has 0 aliphatic heterocycles. The minimum Gasteiger partial charge on any atom is -0.497 e. The first-order valence-corrected chi connectivity index (χ1v) is 10.7. The summed E-state index contributed by atoms with van der Waals surface area (Å²) in [7, 11) is 1.64. The third-order valence-corrected chi connectivity index (χ3v) is 5.19. The molecule has 3 aromatic carbocycles. The molecular formula is C26H28ClNO3. The summed E-state index contributed by atoms with van der Waals surface area (Å²) in [4.78, 5) is 13.2. The topological polar surface area (TPSA) is 47.6 Å². The summed E-state index contributed by atoms with van der Waals surface area (Å²) >= 11 is 6.20. The van der Waals surface area contributed by atoms with E-state index in [0.717, 1.165) is 23.3 Å². The Hall–Kier alpha value is -2.98. The molecule has 0 aliphatic rings. The molecule has 0 bridgehead atoms. The molecule has 4 nitrogen and oxygen atoms in total. The summed E-state index contributed by atoms with van der Waals surface area (Å²) in [5.74, 6) is 1.47. The van der Waals surface area contributed by atoms with E-state index < -0.39 is 0 Å². The molecule has 0 radical (unpaired) electrons. The van der Waals surface area contributed by atoms with Crippen LogP contribution >= 0.6 is 11.6 Å². The number of amides is 1. The zero-order chi connectivity index (χ0) is 22.2. The van der Waals surface area contributed by atoms with E-state index >= 15 is 0 Å². The van der Waals surface area contributed by atoms with Crippen LogP contribution in [-0.2, 0) is 6.61 Å². The molecule has 1 N–H and O–H groups in total. The van der Waals surface area contributed by atoms with Crippen molar-refractivity contribution in [1.82, 2.24) is 5.32 Å². The summed E-state index contributed by atoms with van der Waals surface area (Å²) in [6.45, 7) is 4.64. The van der Waals surface area contributed by atoms with Gasteiger partial charge in [-0.05, 0) is 53.8 Å². The van der Waals surface area contributed by atoms with Gasteiger partial charge in [0.2, 0.25) is 0 Å². The number of hydrogen-bond donors (Lipinski definition) is 1. The SMILES string of the molecule is COc1ccc(C(CC(C)C)NC(=O)c2cc(Cl)ccc2OCc2ccccc2)cc1. The van der Waals surface area contributed by atoms with Gasteiger partial charge in [0, 0.05) is 5.02 Å². The number of methoxy groups -OCH3 is 1. The summed E-state index contributed by atoms with van der Waals surface area (Å²) in [5, 5.41) is 3.65. The lowest BCUT2D eigenvalue weighted by Crippen LogP contribution is -2.30. The second kappa shape index (κ2) is 10.9. The smallest absolute Gasteiger partial charge is 0.255 e. The molecule has 0 fully saturated rings. The van der Waals surface area contributed by atoms with E-state index in [1.165, 1.54) is 0 Å². The van der Waals surface area contributed by atoms with E-state index in [1.807, 2.05) is 54.6 Å². The van der Waals surface area contributed by atoms with Gasteiger partial charge in [-0.1, -0.05) is 67.9 Å². The lowest BCUT2D eigenvalue weighted by Gasteiger charge is -2.22. The van der Waals surface area contributed by atoms with Crippen LogP contribution < -0.4 is 14.8 Å². The molecule has 1 amide bonds. The van der Waals surface area contributed by atoms with E-state index in [2.05, 4.69) is 19.2 Å². The molecule has 0 aliphatic carbocycles. The minimum atomic E-state index is -0.216.